The van der Waals surface area contributed by atoms with Crippen LogP contribution in [0.2, 0.25) is 0 Å². The molecule has 1 aliphatic rings. The van der Waals surface area contributed by atoms with Gasteiger partial charge in [-0.2, -0.15) is 0 Å². The molecule has 0 bridgehead atoms. The quantitative estimate of drug-likeness (QED) is 0.662. The third-order valence-corrected chi connectivity index (χ3v) is 3.57. The van der Waals surface area contributed by atoms with E-state index in [9.17, 15) is 4.39 Å². The summed E-state index contributed by atoms with van der Waals surface area (Å²) in [5, 5.41) is 0. The van der Waals surface area contributed by atoms with Gasteiger partial charge in [0.2, 0.25) is 0 Å². The zero-order valence-corrected chi connectivity index (χ0v) is 9.86. The highest BCUT2D eigenvalue weighted by atomic mass is 79.9. The lowest BCUT2D eigenvalue weighted by Gasteiger charge is -2.23. The topological polar surface area (TPSA) is 9.23 Å². The maximum absolute atomic E-state index is 13.4. The Balaban J connectivity index is 2.60. The summed E-state index contributed by atoms with van der Waals surface area (Å²) < 4.78 is 19.6. The predicted molar refractivity (Wildman–Crippen MR) is 55.9 cm³/mol. The molecule has 1 unspecified atom stereocenters. The van der Waals surface area contributed by atoms with Crippen LogP contribution in [-0.4, -0.2) is 6.61 Å². The SMILES string of the molecule is Fc1ccc(Br)c2c1C(Br)CCO2. The molecule has 0 N–H and O–H groups in total. The summed E-state index contributed by atoms with van der Waals surface area (Å²) >= 11 is 6.76. The van der Waals surface area contributed by atoms with Gasteiger partial charge in [-0.1, -0.05) is 15.9 Å². The molecule has 1 heterocycles. The molecule has 0 amide bonds. The first-order chi connectivity index (χ1) is 6.20. The zero-order chi connectivity index (χ0) is 9.42. The second-order valence-corrected chi connectivity index (χ2v) is 4.84. The van der Waals surface area contributed by atoms with Gasteiger partial charge in [-0.05, 0) is 34.5 Å². The molecular weight excluding hydrogens is 303 g/mol. The molecule has 0 saturated carbocycles. The fraction of sp³-hybridized carbons (Fsp3) is 0.333. The highest BCUT2D eigenvalue weighted by Crippen LogP contribution is 2.43. The first-order valence-corrected chi connectivity index (χ1v) is 5.66. The van der Waals surface area contributed by atoms with Crippen molar-refractivity contribution in [3.63, 3.8) is 0 Å². The summed E-state index contributed by atoms with van der Waals surface area (Å²) in [5.74, 6) is 0.424. The largest absolute Gasteiger partial charge is 0.492 e. The molecule has 4 heteroatoms. The lowest BCUT2D eigenvalue weighted by molar-refractivity contribution is 0.281. The van der Waals surface area contributed by atoms with E-state index in [0.717, 1.165) is 10.9 Å². The van der Waals surface area contributed by atoms with Gasteiger partial charge in [0.1, 0.15) is 11.6 Å². The minimum absolute atomic E-state index is 0.0637. The number of rotatable bonds is 0. The maximum Gasteiger partial charge on any atom is 0.140 e. The van der Waals surface area contributed by atoms with Gasteiger partial charge in [0.25, 0.3) is 0 Å². The number of hydrogen-bond acceptors (Lipinski definition) is 1. The molecule has 0 spiro atoms. The van der Waals surface area contributed by atoms with Gasteiger partial charge in [-0.15, -0.1) is 0 Å². The van der Waals surface area contributed by atoms with E-state index in [0.29, 0.717) is 17.9 Å². The summed E-state index contributed by atoms with van der Waals surface area (Å²) in [5.41, 5.74) is 0.626. The third kappa shape index (κ3) is 1.62. The van der Waals surface area contributed by atoms with Gasteiger partial charge < -0.3 is 4.74 Å². The average Bonchev–Trinajstić information content (AvgIpc) is 2.12. The van der Waals surface area contributed by atoms with E-state index >= 15 is 0 Å². The van der Waals surface area contributed by atoms with Crippen LogP contribution < -0.4 is 4.74 Å². The second kappa shape index (κ2) is 3.58. The summed E-state index contributed by atoms with van der Waals surface area (Å²) in [6.07, 6.45) is 0.806. The molecule has 2 rings (SSSR count). The van der Waals surface area contributed by atoms with Gasteiger partial charge >= 0.3 is 0 Å². The second-order valence-electron chi connectivity index (χ2n) is 2.88. The number of ether oxygens (including phenoxy) is 1. The van der Waals surface area contributed by atoms with Gasteiger partial charge in [0.05, 0.1) is 11.1 Å². The summed E-state index contributed by atoms with van der Waals surface area (Å²) in [6, 6.07) is 3.12. The standard InChI is InChI=1S/C9H7Br2FO/c10-5-3-4-13-9-6(11)1-2-7(12)8(5)9/h1-2,5H,3-4H2. The van der Waals surface area contributed by atoms with E-state index in [-0.39, 0.29) is 10.6 Å². The van der Waals surface area contributed by atoms with Crippen molar-refractivity contribution in [2.75, 3.05) is 6.61 Å². The summed E-state index contributed by atoms with van der Waals surface area (Å²) in [6.45, 7) is 0.630. The van der Waals surface area contributed by atoms with E-state index in [2.05, 4.69) is 31.9 Å². The van der Waals surface area contributed by atoms with Crippen molar-refractivity contribution in [2.45, 2.75) is 11.2 Å². The van der Waals surface area contributed by atoms with Crippen LogP contribution in [0.4, 0.5) is 4.39 Å². The van der Waals surface area contributed by atoms with Crippen LogP contribution in [0.15, 0.2) is 16.6 Å². The Morgan fingerprint density at radius 3 is 2.92 bits per heavy atom. The van der Waals surface area contributed by atoms with Crippen LogP contribution in [0, 0.1) is 5.82 Å². The predicted octanol–water partition coefficient (Wildman–Crippen LogP) is 3.81. The van der Waals surface area contributed by atoms with Crippen LogP contribution in [0.25, 0.3) is 0 Å². The van der Waals surface area contributed by atoms with E-state index < -0.39 is 0 Å². The number of benzene rings is 1. The number of hydrogen-bond donors (Lipinski definition) is 0. The van der Waals surface area contributed by atoms with E-state index in [1.54, 1.807) is 6.07 Å². The molecule has 1 aromatic carbocycles. The molecule has 1 atom stereocenters. The molecule has 1 nitrogen and oxygen atoms in total. The van der Waals surface area contributed by atoms with Crippen molar-refractivity contribution >= 4 is 31.9 Å². The molecule has 1 aliphatic heterocycles. The first-order valence-electron chi connectivity index (χ1n) is 3.95. The lowest BCUT2D eigenvalue weighted by Crippen LogP contribution is -2.12. The van der Waals surface area contributed by atoms with Crippen molar-refractivity contribution in [1.29, 1.82) is 0 Å². The molecule has 13 heavy (non-hydrogen) atoms. The molecule has 1 aromatic rings. The van der Waals surface area contributed by atoms with Gasteiger partial charge in [-0.3, -0.25) is 0 Å². The molecule has 0 aliphatic carbocycles. The summed E-state index contributed by atoms with van der Waals surface area (Å²) in [7, 11) is 0. The highest BCUT2D eigenvalue weighted by molar-refractivity contribution is 9.10. The molecule has 0 fully saturated rings. The Bertz CT molecular complexity index is 341. The van der Waals surface area contributed by atoms with E-state index in [1.165, 1.54) is 6.07 Å². The Morgan fingerprint density at radius 2 is 2.23 bits per heavy atom. The van der Waals surface area contributed by atoms with E-state index in [1.807, 2.05) is 0 Å². The molecule has 0 saturated heterocycles. The van der Waals surface area contributed by atoms with Crippen LogP contribution >= 0.6 is 31.9 Å². The Labute approximate surface area is 92.5 Å². The molecule has 70 valence electrons. The van der Waals surface area contributed by atoms with Crippen molar-refractivity contribution in [2.24, 2.45) is 0 Å². The lowest BCUT2D eigenvalue weighted by atomic mass is 10.1. The normalized spacial score (nSPS) is 20.7. The van der Waals surface area contributed by atoms with Crippen molar-refractivity contribution in [3.8, 4) is 5.75 Å². The first kappa shape index (κ1) is 9.46. The van der Waals surface area contributed by atoms with Crippen LogP contribution in [0.3, 0.4) is 0 Å². The maximum atomic E-state index is 13.4. The fourth-order valence-electron chi connectivity index (χ4n) is 1.40. The van der Waals surface area contributed by atoms with E-state index in [4.69, 9.17) is 4.74 Å². The molecular formula is C9H7Br2FO. The smallest absolute Gasteiger partial charge is 0.140 e. The number of alkyl halides is 1. The van der Waals surface area contributed by atoms with Crippen molar-refractivity contribution in [1.82, 2.24) is 0 Å². The van der Waals surface area contributed by atoms with Crippen LogP contribution in [0.5, 0.6) is 5.75 Å². The Morgan fingerprint density at radius 1 is 1.46 bits per heavy atom. The van der Waals surface area contributed by atoms with Crippen molar-refractivity contribution < 1.29 is 9.13 Å². The molecule has 0 radical (unpaired) electrons. The van der Waals surface area contributed by atoms with Gasteiger partial charge in [0.15, 0.2) is 0 Å². The zero-order valence-electron chi connectivity index (χ0n) is 6.69. The molecule has 0 aromatic heterocycles. The fourth-order valence-corrected chi connectivity index (χ4v) is 2.47. The highest BCUT2D eigenvalue weighted by Gasteiger charge is 2.24. The third-order valence-electron chi connectivity index (χ3n) is 2.03. The Hall–Kier alpha value is -0.0900. The van der Waals surface area contributed by atoms with Crippen LogP contribution in [-0.2, 0) is 0 Å². The van der Waals surface area contributed by atoms with Crippen LogP contribution in [0.1, 0.15) is 16.8 Å². The minimum atomic E-state index is -0.209. The van der Waals surface area contributed by atoms with Gasteiger partial charge in [0, 0.05) is 10.4 Å². The Kier molecular flexibility index (Phi) is 2.60. The average molecular weight is 310 g/mol. The summed E-state index contributed by atoms with van der Waals surface area (Å²) in [4.78, 5) is 0.0637. The number of halogens is 3. The number of fused-ring (bicyclic) bond motifs is 1. The minimum Gasteiger partial charge on any atom is -0.492 e. The van der Waals surface area contributed by atoms with Gasteiger partial charge in [-0.25, -0.2) is 4.39 Å². The van der Waals surface area contributed by atoms with Crippen molar-refractivity contribution in [3.05, 3.63) is 28.0 Å². The monoisotopic (exact) mass is 308 g/mol.